The fourth-order valence-electron chi connectivity index (χ4n) is 3.26. The van der Waals surface area contributed by atoms with Crippen LogP contribution in [-0.4, -0.2) is 18.7 Å². The number of fused-ring (bicyclic) bond motifs is 1. The molecule has 0 amide bonds. The fourth-order valence-corrected chi connectivity index (χ4v) is 3.61. The van der Waals surface area contributed by atoms with Crippen LogP contribution in [0, 0.1) is 5.82 Å². The first-order chi connectivity index (χ1) is 13.8. The first-order valence-electron chi connectivity index (χ1n) is 8.64. The molecule has 0 saturated heterocycles. The van der Waals surface area contributed by atoms with Gasteiger partial charge in [0.2, 0.25) is 0 Å². The average Bonchev–Trinajstić information content (AvgIpc) is 3.07. The normalized spacial score (nSPS) is 11.3. The number of aromatic nitrogens is 4. The molecule has 0 spiro atoms. The van der Waals surface area contributed by atoms with E-state index in [4.69, 9.17) is 23.2 Å². The second kappa shape index (κ2) is 7.17. The fraction of sp³-hybridized carbons (Fsp3) is 0.150. The largest absolute Gasteiger partial charge is 0.332 e. The van der Waals surface area contributed by atoms with Crippen LogP contribution in [0.5, 0.6) is 0 Å². The van der Waals surface area contributed by atoms with E-state index >= 15 is 0 Å². The van der Waals surface area contributed by atoms with Crippen LogP contribution in [0.25, 0.3) is 22.6 Å². The van der Waals surface area contributed by atoms with Gasteiger partial charge in [0.15, 0.2) is 11.2 Å². The van der Waals surface area contributed by atoms with Gasteiger partial charge < -0.3 is 4.57 Å². The molecule has 0 bridgehead atoms. The summed E-state index contributed by atoms with van der Waals surface area (Å²) < 4.78 is 18.3. The summed E-state index contributed by atoms with van der Waals surface area (Å²) >= 11 is 12.2. The highest BCUT2D eigenvalue weighted by molar-refractivity contribution is 6.31. The molecule has 148 valence electrons. The van der Waals surface area contributed by atoms with Gasteiger partial charge in [-0.05, 0) is 36.4 Å². The highest BCUT2D eigenvalue weighted by Crippen LogP contribution is 2.27. The van der Waals surface area contributed by atoms with E-state index in [1.165, 1.54) is 30.8 Å². The minimum absolute atomic E-state index is 0.0343. The highest BCUT2D eigenvalue weighted by atomic mass is 35.5. The van der Waals surface area contributed by atoms with Gasteiger partial charge in [0, 0.05) is 35.3 Å². The number of hydrogen-bond donors (Lipinski definition) is 0. The quantitative estimate of drug-likeness (QED) is 0.496. The van der Waals surface area contributed by atoms with Crippen molar-refractivity contribution in [1.82, 2.24) is 18.7 Å². The van der Waals surface area contributed by atoms with E-state index in [0.717, 1.165) is 4.57 Å². The maximum atomic E-state index is 14.5. The van der Waals surface area contributed by atoms with Gasteiger partial charge in [0.1, 0.15) is 11.6 Å². The zero-order valence-electron chi connectivity index (χ0n) is 15.5. The number of aryl methyl sites for hydroxylation is 1. The number of hydrogen-bond acceptors (Lipinski definition) is 3. The summed E-state index contributed by atoms with van der Waals surface area (Å²) in [5.41, 5.74) is 0.239. The summed E-state index contributed by atoms with van der Waals surface area (Å²) in [5.74, 6) is -0.0997. The van der Waals surface area contributed by atoms with Crippen LogP contribution in [0.4, 0.5) is 4.39 Å². The van der Waals surface area contributed by atoms with E-state index in [2.05, 4.69) is 4.98 Å². The molecule has 0 N–H and O–H groups in total. The minimum Gasteiger partial charge on any atom is -0.313 e. The van der Waals surface area contributed by atoms with E-state index in [-0.39, 0.29) is 28.3 Å². The predicted octanol–water partition coefficient (Wildman–Crippen LogP) is 3.59. The second-order valence-electron chi connectivity index (χ2n) is 6.61. The standard InChI is InChI=1S/C20H15Cl2FN4O2/c1-25-18-16(19(28)26(2)20(25)29)27(10-13-14(22)4-3-5-15(13)23)17(24-18)11-6-8-12(21)9-7-11/h3-9H,10H2,1-2H3. The molecule has 0 unspecified atom stereocenters. The van der Waals surface area contributed by atoms with Crippen molar-refractivity contribution in [2.24, 2.45) is 14.1 Å². The third kappa shape index (κ3) is 3.16. The number of nitrogens with zero attached hydrogens (tertiary/aromatic N) is 4. The third-order valence-electron chi connectivity index (χ3n) is 4.83. The van der Waals surface area contributed by atoms with Gasteiger partial charge in [-0.15, -0.1) is 0 Å². The Bertz CT molecular complexity index is 1350. The van der Waals surface area contributed by atoms with E-state index in [1.807, 2.05) is 0 Å². The molecule has 0 fully saturated rings. The number of imidazole rings is 1. The zero-order chi connectivity index (χ0) is 20.9. The summed E-state index contributed by atoms with van der Waals surface area (Å²) in [4.78, 5) is 29.8. The first-order valence-corrected chi connectivity index (χ1v) is 9.40. The molecule has 2 heterocycles. The Hall–Kier alpha value is -2.90. The van der Waals surface area contributed by atoms with Gasteiger partial charge in [-0.3, -0.25) is 13.9 Å². The lowest BCUT2D eigenvalue weighted by molar-refractivity contribution is 0.601. The molecule has 0 aliphatic heterocycles. The maximum absolute atomic E-state index is 14.5. The van der Waals surface area contributed by atoms with Crippen LogP contribution in [0.3, 0.4) is 0 Å². The molecule has 2 aromatic heterocycles. The van der Waals surface area contributed by atoms with Crippen LogP contribution in [0.15, 0.2) is 52.1 Å². The van der Waals surface area contributed by atoms with Gasteiger partial charge in [0.05, 0.1) is 6.54 Å². The average molecular weight is 433 g/mol. The van der Waals surface area contributed by atoms with Gasteiger partial charge in [-0.1, -0.05) is 29.3 Å². The Morgan fingerprint density at radius 1 is 1.00 bits per heavy atom. The molecule has 0 radical (unpaired) electrons. The van der Waals surface area contributed by atoms with E-state index < -0.39 is 17.1 Å². The summed E-state index contributed by atoms with van der Waals surface area (Å²) in [6.45, 7) is -0.0343. The minimum atomic E-state index is -0.525. The summed E-state index contributed by atoms with van der Waals surface area (Å²) in [6, 6.07) is 11.2. The van der Waals surface area contributed by atoms with Crippen molar-refractivity contribution in [2.45, 2.75) is 6.54 Å². The third-order valence-corrected chi connectivity index (χ3v) is 5.43. The second-order valence-corrected chi connectivity index (χ2v) is 7.45. The maximum Gasteiger partial charge on any atom is 0.332 e. The zero-order valence-corrected chi connectivity index (χ0v) is 17.0. The summed E-state index contributed by atoms with van der Waals surface area (Å²) in [7, 11) is 2.92. The molecule has 0 atom stereocenters. The van der Waals surface area contributed by atoms with Gasteiger partial charge in [-0.25, -0.2) is 14.2 Å². The molecule has 29 heavy (non-hydrogen) atoms. The Labute approximate surface area is 174 Å². The van der Waals surface area contributed by atoms with E-state index in [0.29, 0.717) is 16.4 Å². The molecule has 4 aromatic rings. The first kappa shape index (κ1) is 19.4. The van der Waals surface area contributed by atoms with Crippen molar-refractivity contribution in [3.05, 3.63) is 84.7 Å². The van der Waals surface area contributed by atoms with Crippen molar-refractivity contribution >= 4 is 34.4 Å². The monoisotopic (exact) mass is 432 g/mol. The van der Waals surface area contributed by atoms with Crippen molar-refractivity contribution in [2.75, 3.05) is 0 Å². The Morgan fingerprint density at radius 2 is 1.69 bits per heavy atom. The lowest BCUT2D eigenvalue weighted by Crippen LogP contribution is -2.37. The molecule has 6 nitrogen and oxygen atoms in total. The van der Waals surface area contributed by atoms with Gasteiger partial charge in [-0.2, -0.15) is 0 Å². The Balaban J connectivity index is 2.09. The van der Waals surface area contributed by atoms with Gasteiger partial charge >= 0.3 is 5.69 Å². The summed E-state index contributed by atoms with van der Waals surface area (Å²) in [5, 5.41) is 0.771. The predicted molar refractivity (Wildman–Crippen MR) is 111 cm³/mol. The number of rotatable bonds is 3. The van der Waals surface area contributed by atoms with Crippen LogP contribution >= 0.6 is 23.2 Å². The Kier molecular flexibility index (Phi) is 4.80. The lowest BCUT2D eigenvalue weighted by Gasteiger charge is -2.12. The molecule has 9 heteroatoms. The van der Waals surface area contributed by atoms with Crippen molar-refractivity contribution in [1.29, 1.82) is 0 Å². The smallest absolute Gasteiger partial charge is 0.313 e. The van der Waals surface area contributed by atoms with Crippen molar-refractivity contribution in [3.8, 4) is 11.4 Å². The SMILES string of the molecule is Cn1c(=O)c2c(nc(-c3ccc(Cl)cc3)n2Cc2c(F)cccc2Cl)n(C)c1=O. The molecular weight excluding hydrogens is 418 g/mol. The van der Waals surface area contributed by atoms with Crippen LogP contribution in [0.1, 0.15) is 5.56 Å². The number of benzene rings is 2. The van der Waals surface area contributed by atoms with E-state index in [1.54, 1.807) is 34.9 Å². The summed E-state index contributed by atoms with van der Waals surface area (Å²) in [6.07, 6.45) is 0. The molecule has 2 aromatic carbocycles. The molecule has 0 aliphatic rings. The van der Waals surface area contributed by atoms with Crippen LogP contribution in [0.2, 0.25) is 10.0 Å². The Morgan fingerprint density at radius 3 is 2.34 bits per heavy atom. The highest BCUT2D eigenvalue weighted by Gasteiger charge is 2.21. The molecular formula is C20H15Cl2FN4O2. The number of halogens is 3. The van der Waals surface area contributed by atoms with Crippen molar-refractivity contribution < 1.29 is 4.39 Å². The molecule has 4 rings (SSSR count). The molecule has 0 saturated carbocycles. The van der Waals surface area contributed by atoms with Gasteiger partial charge in [0.25, 0.3) is 5.56 Å². The van der Waals surface area contributed by atoms with Crippen LogP contribution in [-0.2, 0) is 20.6 Å². The lowest BCUT2D eigenvalue weighted by atomic mass is 10.2. The van der Waals surface area contributed by atoms with Crippen LogP contribution < -0.4 is 11.2 Å². The van der Waals surface area contributed by atoms with E-state index in [9.17, 15) is 14.0 Å². The van der Waals surface area contributed by atoms with Crippen molar-refractivity contribution in [3.63, 3.8) is 0 Å². The molecule has 0 aliphatic carbocycles. The topological polar surface area (TPSA) is 61.8 Å².